The van der Waals surface area contributed by atoms with Crippen LogP contribution in [-0.4, -0.2) is 14.2 Å². The molecule has 0 spiro atoms. The molecule has 0 heterocycles. The molecule has 0 unspecified atom stereocenters. The van der Waals surface area contributed by atoms with Crippen LogP contribution in [0.4, 0.5) is 22.7 Å². The number of rotatable bonds is 7. The van der Waals surface area contributed by atoms with Crippen LogP contribution >= 0.6 is 0 Å². The summed E-state index contributed by atoms with van der Waals surface area (Å²) in [4.78, 5) is 0. The predicted octanol–water partition coefficient (Wildman–Crippen LogP) is 8.20. The molecule has 0 aromatic heterocycles. The predicted molar refractivity (Wildman–Crippen MR) is 126 cm³/mol. The monoisotopic (exact) mass is 422 g/mol. The summed E-state index contributed by atoms with van der Waals surface area (Å²) in [7, 11) is 3.24. The molecular weight excluding hydrogens is 400 g/mol. The topological polar surface area (TPSA) is 67.9 Å². The summed E-state index contributed by atoms with van der Waals surface area (Å²) in [5.74, 6) is 1.27. The molecule has 0 amide bonds. The van der Waals surface area contributed by atoms with Gasteiger partial charge in [0.05, 0.1) is 25.6 Å². The van der Waals surface area contributed by atoms with E-state index in [0.717, 1.165) is 22.5 Å². The molecule has 0 fully saturated rings. The van der Waals surface area contributed by atoms with Gasteiger partial charge in [0, 0.05) is 0 Å². The third kappa shape index (κ3) is 5.05. The summed E-state index contributed by atoms with van der Waals surface area (Å²) in [6.07, 6.45) is 0. The summed E-state index contributed by atoms with van der Waals surface area (Å²) < 4.78 is 11.1. The quantitative estimate of drug-likeness (QED) is 0.282. The second-order valence-electron chi connectivity index (χ2n) is 6.84. The fourth-order valence-corrected chi connectivity index (χ4v) is 3.09. The van der Waals surface area contributed by atoms with Crippen molar-refractivity contribution in [3.63, 3.8) is 0 Å². The molecule has 0 saturated carbocycles. The number of methoxy groups -OCH3 is 2. The fourth-order valence-electron chi connectivity index (χ4n) is 3.09. The standard InChI is InChI=1S/C26H22N4O2/c1-31-25-17-19(13-15-23(25)29-27-21-9-5-3-6-10-21)20-14-16-24(26(18-20)32-2)30-28-22-11-7-4-8-12-22/h3-18H,1-2H3. The number of ether oxygens (including phenoxy) is 2. The van der Waals surface area contributed by atoms with E-state index in [-0.39, 0.29) is 0 Å². The molecule has 0 saturated heterocycles. The summed E-state index contributed by atoms with van der Waals surface area (Å²) in [6.45, 7) is 0. The lowest BCUT2D eigenvalue weighted by atomic mass is 10.0. The van der Waals surface area contributed by atoms with Gasteiger partial charge < -0.3 is 9.47 Å². The van der Waals surface area contributed by atoms with Gasteiger partial charge in [-0.15, -0.1) is 10.2 Å². The summed E-state index contributed by atoms with van der Waals surface area (Å²) in [6, 6.07) is 30.7. The molecule has 4 aromatic rings. The Morgan fingerprint density at radius 1 is 0.469 bits per heavy atom. The van der Waals surface area contributed by atoms with Crippen molar-refractivity contribution in [3.8, 4) is 22.6 Å². The van der Waals surface area contributed by atoms with Crippen LogP contribution in [0.5, 0.6) is 11.5 Å². The Bertz CT molecular complexity index is 1140. The van der Waals surface area contributed by atoms with Crippen LogP contribution in [0.25, 0.3) is 11.1 Å². The van der Waals surface area contributed by atoms with Gasteiger partial charge in [-0.25, -0.2) is 0 Å². The van der Waals surface area contributed by atoms with E-state index in [9.17, 15) is 0 Å². The van der Waals surface area contributed by atoms with Crippen molar-refractivity contribution >= 4 is 22.7 Å². The molecule has 158 valence electrons. The van der Waals surface area contributed by atoms with Crippen LogP contribution in [-0.2, 0) is 0 Å². The van der Waals surface area contributed by atoms with Crippen molar-refractivity contribution in [2.45, 2.75) is 0 Å². The molecule has 0 radical (unpaired) electrons. The molecule has 0 N–H and O–H groups in total. The Hall–Kier alpha value is -4.32. The van der Waals surface area contributed by atoms with Crippen molar-refractivity contribution in [2.24, 2.45) is 20.5 Å². The van der Waals surface area contributed by atoms with Crippen molar-refractivity contribution < 1.29 is 9.47 Å². The molecular formula is C26H22N4O2. The van der Waals surface area contributed by atoms with Gasteiger partial charge >= 0.3 is 0 Å². The van der Waals surface area contributed by atoms with Gasteiger partial charge in [-0.3, -0.25) is 0 Å². The molecule has 4 rings (SSSR count). The molecule has 32 heavy (non-hydrogen) atoms. The highest BCUT2D eigenvalue weighted by atomic mass is 16.5. The Balaban J connectivity index is 1.60. The van der Waals surface area contributed by atoms with Crippen LogP contribution in [0.3, 0.4) is 0 Å². The zero-order valence-corrected chi connectivity index (χ0v) is 17.8. The number of hydrogen-bond acceptors (Lipinski definition) is 6. The lowest BCUT2D eigenvalue weighted by molar-refractivity contribution is 0.415. The minimum atomic E-state index is 0.633. The van der Waals surface area contributed by atoms with Gasteiger partial charge in [-0.1, -0.05) is 48.5 Å². The average molecular weight is 422 g/mol. The van der Waals surface area contributed by atoms with Crippen LogP contribution in [0.1, 0.15) is 0 Å². The maximum atomic E-state index is 5.55. The third-order valence-electron chi connectivity index (χ3n) is 4.75. The maximum Gasteiger partial charge on any atom is 0.146 e. The Labute approximate surface area is 186 Å². The van der Waals surface area contributed by atoms with E-state index in [1.807, 2.05) is 97.1 Å². The second kappa shape index (κ2) is 10.1. The van der Waals surface area contributed by atoms with Gasteiger partial charge in [0.2, 0.25) is 0 Å². The number of nitrogens with zero attached hydrogens (tertiary/aromatic N) is 4. The van der Waals surface area contributed by atoms with E-state index >= 15 is 0 Å². The summed E-state index contributed by atoms with van der Waals surface area (Å²) in [5, 5.41) is 17.2. The van der Waals surface area contributed by atoms with E-state index < -0.39 is 0 Å². The smallest absolute Gasteiger partial charge is 0.146 e. The SMILES string of the molecule is COc1cc(-c2ccc(N=Nc3ccccc3)c(OC)c2)ccc1N=Nc1ccccc1. The third-order valence-corrected chi connectivity index (χ3v) is 4.75. The average Bonchev–Trinajstić information content (AvgIpc) is 2.87. The van der Waals surface area contributed by atoms with E-state index in [4.69, 9.17) is 9.47 Å². The summed E-state index contributed by atoms with van der Waals surface area (Å²) >= 11 is 0. The molecule has 0 bridgehead atoms. The van der Waals surface area contributed by atoms with Crippen LogP contribution in [0.2, 0.25) is 0 Å². The van der Waals surface area contributed by atoms with Crippen LogP contribution in [0.15, 0.2) is 118 Å². The molecule has 0 atom stereocenters. The fraction of sp³-hybridized carbons (Fsp3) is 0.0769. The lowest BCUT2D eigenvalue weighted by Gasteiger charge is -2.10. The molecule has 0 aliphatic carbocycles. The first-order chi connectivity index (χ1) is 15.8. The van der Waals surface area contributed by atoms with Gasteiger partial charge in [0.25, 0.3) is 0 Å². The molecule has 0 aliphatic heterocycles. The lowest BCUT2D eigenvalue weighted by Crippen LogP contribution is -1.87. The van der Waals surface area contributed by atoms with Gasteiger partial charge in [-0.05, 0) is 59.7 Å². The van der Waals surface area contributed by atoms with E-state index in [1.54, 1.807) is 14.2 Å². The first kappa shape index (κ1) is 20.9. The largest absolute Gasteiger partial charge is 0.494 e. The zero-order chi connectivity index (χ0) is 22.2. The minimum Gasteiger partial charge on any atom is -0.494 e. The van der Waals surface area contributed by atoms with Crippen molar-refractivity contribution in [1.29, 1.82) is 0 Å². The van der Waals surface area contributed by atoms with Gasteiger partial charge in [0.15, 0.2) is 0 Å². The molecule has 6 heteroatoms. The van der Waals surface area contributed by atoms with E-state index in [1.165, 1.54) is 0 Å². The van der Waals surface area contributed by atoms with Gasteiger partial charge in [0.1, 0.15) is 22.9 Å². The highest BCUT2D eigenvalue weighted by molar-refractivity contribution is 5.73. The Morgan fingerprint density at radius 3 is 1.25 bits per heavy atom. The normalized spacial score (nSPS) is 11.2. The summed E-state index contributed by atoms with van der Waals surface area (Å²) in [5.41, 5.74) is 4.80. The molecule has 4 aromatic carbocycles. The highest BCUT2D eigenvalue weighted by Crippen LogP contribution is 2.37. The van der Waals surface area contributed by atoms with E-state index in [2.05, 4.69) is 20.5 Å². The zero-order valence-electron chi connectivity index (χ0n) is 17.8. The first-order valence-electron chi connectivity index (χ1n) is 10.1. The number of azo groups is 2. The van der Waals surface area contributed by atoms with Crippen LogP contribution < -0.4 is 9.47 Å². The van der Waals surface area contributed by atoms with Gasteiger partial charge in [-0.2, -0.15) is 10.2 Å². The van der Waals surface area contributed by atoms with Crippen molar-refractivity contribution in [1.82, 2.24) is 0 Å². The highest BCUT2D eigenvalue weighted by Gasteiger charge is 2.09. The number of benzene rings is 4. The van der Waals surface area contributed by atoms with Crippen LogP contribution in [0, 0.1) is 0 Å². The maximum absolute atomic E-state index is 5.55. The second-order valence-corrected chi connectivity index (χ2v) is 6.84. The van der Waals surface area contributed by atoms with Crippen molar-refractivity contribution in [3.05, 3.63) is 97.1 Å². The number of hydrogen-bond donors (Lipinski definition) is 0. The first-order valence-corrected chi connectivity index (χ1v) is 10.1. The molecule has 6 nitrogen and oxygen atoms in total. The Morgan fingerprint density at radius 2 is 0.875 bits per heavy atom. The van der Waals surface area contributed by atoms with E-state index in [0.29, 0.717) is 22.9 Å². The Kier molecular flexibility index (Phi) is 6.63. The molecule has 0 aliphatic rings. The van der Waals surface area contributed by atoms with Crippen molar-refractivity contribution in [2.75, 3.05) is 14.2 Å². The minimum absolute atomic E-state index is 0.633.